The van der Waals surface area contributed by atoms with E-state index in [4.69, 9.17) is 9.15 Å². The Hall–Kier alpha value is -1.28. The number of ether oxygens (including phenoxy) is 1. The molecule has 1 fully saturated rings. The van der Waals surface area contributed by atoms with Crippen LogP contribution in [0.1, 0.15) is 11.7 Å². The number of hydrogen-bond acceptors (Lipinski definition) is 2. The largest absolute Gasteiger partial charge is 0.464 e. The van der Waals surface area contributed by atoms with E-state index >= 15 is 0 Å². The number of rotatable bonds is 1. The topological polar surface area (TPSA) is 25.7 Å². The minimum Gasteiger partial charge on any atom is -0.464 e. The van der Waals surface area contributed by atoms with Crippen LogP contribution in [-0.2, 0) is 4.74 Å². The molecule has 2 heteroatoms. The molecule has 2 nitrogen and oxygen atoms in total. The molecule has 1 aliphatic heterocycles. The standard InChI is InChI=1S/C10H8O2/c1-2-7(10-6-12-10)8-4-5-11-9(8)3-1/h1-5,10H,6H2/t10-/m1/s1. The van der Waals surface area contributed by atoms with Gasteiger partial charge in [-0.25, -0.2) is 0 Å². The maximum absolute atomic E-state index is 5.28. The van der Waals surface area contributed by atoms with Gasteiger partial charge in [-0.05, 0) is 17.7 Å². The summed E-state index contributed by atoms with van der Waals surface area (Å²) in [5, 5.41) is 1.18. The van der Waals surface area contributed by atoms with E-state index in [9.17, 15) is 0 Å². The number of furan rings is 1. The summed E-state index contributed by atoms with van der Waals surface area (Å²) in [7, 11) is 0. The number of epoxide rings is 1. The highest BCUT2D eigenvalue weighted by molar-refractivity contribution is 5.81. The van der Waals surface area contributed by atoms with Crippen LogP contribution < -0.4 is 0 Å². The van der Waals surface area contributed by atoms with Gasteiger partial charge in [0.15, 0.2) is 0 Å². The first-order chi connectivity index (χ1) is 5.95. The third-order valence-electron chi connectivity index (χ3n) is 2.21. The third kappa shape index (κ3) is 0.786. The molecule has 0 bridgehead atoms. The summed E-state index contributed by atoms with van der Waals surface area (Å²) >= 11 is 0. The average molecular weight is 160 g/mol. The van der Waals surface area contributed by atoms with E-state index in [1.807, 2.05) is 18.2 Å². The maximum atomic E-state index is 5.28. The molecule has 0 radical (unpaired) electrons. The Kier molecular flexibility index (Phi) is 1.10. The van der Waals surface area contributed by atoms with Gasteiger partial charge < -0.3 is 9.15 Å². The molecule has 12 heavy (non-hydrogen) atoms. The van der Waals surface area contributed by atoms with Gasteiger partial charge in [0.1, 0.15) is 11.7 Å². The molecule has 1 aromatic carbocycles. The molecule has 0 unspecified atom stereocenters. The van der Waals surface area contributed by atoms with Gasteiger partial charge in [0.05, 0.1) is 12.9 Å². The smallest absolute Gasteiger partial charge is 0.134 e. The molecule has 2 aromatic rings. The first-order valence-electron chi connectivity index (χ1n) is 4.03. The Morgan fingerprint density at radius 2 is 2.17 bits per heavy atom. The fraction of sp³-hybridized carbons (Fsp3) is 0.200. The van der Waals surface area contributed by atoms with Crippen LogP contribution in [0.3, 0.4) is 0 Å². The molecule has 3 rings (SSSR count). The average Bonchev–Trinajstić information content (AvgIpc) is 2.82. The first kappa shape index (κ1) is 6.26. The number of hydrogen-bond donors (Lipinski definition) is 0. The zero-order valence-corrected chi connectivity index (χ0v) is 6.49. The maximum Gasteiger partial charge on any atom is 0.134 e. The third-order valence-corrected chi connectivity index (χ3v) is 2.21. The van der Waals surface area contributed by atoms with Crippen LogP contribution in [0.5, 0.6) is 0 Å². The summed E-state index contributed by atoms with van der Waals surface area (Å²) in [4.78, 5) is 0. The van der Waals surface area contributed by atoms with Crippen molar-refractivity contribution in [2.45, 2.75) is 6.10 Å². The minimum atomic E-state index is 0.311. The first-order valence-corrected chi connectivity index (χ1v) is 4.03. The Bertz CT molecular complexity index is 412. The predicted octanol–water partition coefficient (Wildman–Crippen LogP) is 2.50. The van der Waals surface area contributed by atoms with Gasteiger partial charge >= 0.3 is 0 Å². The van der Waals surface area contributed by atoms with E-state index in [0.717, 1.165) is 12.2 Å². The lowest BCUT2D eigenvalue weighted by molar-refractivity contribution is 0.417. The van der Waals surface area contributed by atoms with Crippen LogP contribution in [0, 0.1) is 0 Å². The van der Waals surface area contributed by atoms with Crippen LogP contribution in [-0.4, -0.2) is 6.61 Å². The minimum absolute atomic E-state index is 0.311. The van der Waals surface area contributed by atoms with E-state index in [0.29, 0.717) is 6.10 Å². The van der Waals surface area contributed by atoms with Crippen LogP contribution in [0.4, 0.5) is 0 Å². The van der Waals surface area contributed by atoms with Crippen molar-refractivity contribution >= 4 is 11.0 Å². The van der Waals surface area contributed by atoms with Crippen molar-refractivity contribution < 1.29 is 9.15 Å². The lowest BCUT2D eigenvalue weighted by atomic mass is 10.1. The van der Waals surface area contributed by atoms with E-state index in [-0.39, 0.29) is 0 Å². The van der Waals surface area contributed by atoms with Crippen LogP contribution >= 0.6 is 0 Å². The van der Waals surface area contributed by atoms with Crippen molar-refractivity contribution in [2.75, 3.05) is 6.61 Å². The molecule has 1 aromatic heterocycles. The number of fused-ring (bicyclic) bond motifs is 1. The van der Waals surface area contributed by atoms with E-state index < -0.39 is 0 Å². The van der Waals surface area contributed by atoms with Gasteiger partial charge in [0, 0.05) is 5.39 Å². The summed E-state index contributed by atoms with van der Waals surface area (Å²) in [5.74, 6) is 0. The summed E-state index contributed by atoms with van der Waals surface area (Å²) in [6.45, 7) is 0.851. The van der Waals surface area contributed by atoms with E-state index in [1.165, 1.54) is 10.9 Å². The normalized spacial score (nSPS) is 21.5. The SMILES string of the molecule is c1cc([C@H]2CO2)c2ccoc2c1. The van der Waals surface area contributed by atoms with Gasteiger partial charge in [-0.15, -0.1) is 0 Å². The number of benzene rings is 1. The zero-order chi connectivity index (χ0) is 7.97. The molecule has 1 aliphatic rings. The Morgan fingerprint density at radius 1 is 1.25 bits per heavy atom. The molecule has 0 saturated carbocycles. The fourth-order valence-corrected chi connectivity index (χ4v) is 1.53. The second-order valence-electron chi connectivity index (χ2n) is 3.00. The predicted molar refractivity (Wildman–Crippen MR) is 44.9 cm³/mol. The van der Waals surface area contributed by atoms with Crippen molar-refractivity contribution in [3.8, 4) is 0 Å². The van der Waals surface area contributed by atoms with Crippen LogP contribution in [0.2, 0.25) is 0 Å². The Labute approximate surface area is 69.7 Å². The molecular formula is C10H8O2. The van der Waals surface area contributed by atoms with Crippen molar-refractivity contribution in [3.05, 3.63) is 36.1 Å². The molecule has 1 saturated heterocycles. The summed E-state index contributed by atoms with van der Waals surface area (Å²) in [5.41, 5.74) is 2.20. The van der Waals surface area contributed by atoms with E-state index in [1.54, 1.807) is 6.26 Å². The van der Waals surface area contributed by atoms with Crippen molar-refractivity contribution in [1.82, 2.24) is 0 Å². The van der Waals surface area contributed by atoms with E-state index in [2.05, 4.69) is 6.07 Å². The van der Waals surface area contributed by atoms with Gasteiger partial charge in [0.2, 0.25) is 0 Å². The summed E-state index contributed by atoms with van der Waals surface area (Å²) in [6, 6.07) is 8.06. The molecule has 0 spiro atoms. The second-order valence-corrected chi connectivity index (χ2v) is 3.00. The molecule has 60 valence electrons. The van der Waals surface area contributed by atoms with Gasteiger partial charge in [-0.3, -0.25) is 0 Å². The zero-order valence-electron chi connectivity index (χ0n) is 6.49. The van der Waals surface area contributed by atoms with Crippen molar-refractivity contribution in [3.63, 3.8) is 0 Å². The molecular weight excluding hydrogens is 152 g/mol. The highest BCUT2D eigenvalue weighted by atomic mass is 16.6. The molecule has 1 atom stereocenters. The second kappa shape index (κ2) is 2.11. The van der Waals surface area contributed by atoms with Gasteiger partial charge in [-0.1, -0.05) is 12.1 Å². The molecule has 0 aliphatic carbocycles. The van der Waals surface area contributed by atoms with Gasteiger partial charge in [-0.2, -0.15) is 0 Å². The van der Waals surface area contributed by atoms with Crippen molar-refractivity contribution in [1.29, 1.82) is 0 Å². The Morgan fingerprint density at radius 3 is 3.00 bits per heavy atom. The lowest BCUT2D eigenvalue weighted by Gasteiger charge is -1.95. The van der Waals surface area contributed by atoms with Gasteiger partial charge in [0.25, 0.3) is 0 Å². The lowest BCUT2D eigenvalue weighted by Crippen LogP contribution is -1.79. The Balaban J connectivity index is 2.32. The molecule has 0 N–H and O–H groups in total. The van der Waals surface area contributed by atoms with Crippen molar-refractivity contribution in [2.24, 2.45) is 0 Å². The summed E-state index contributed by atoms with van der Waals surface area (Å²) in [6.07, 6.45) is 2.03. The highest BCUT2D eigenvalue weighted by Gasteiger charge is 2.26. The highest BCUT2D eigenvalue weighted by Crippen LogP contribution is 2.34. The monoisotopic (exact) mass is 160 g/mol. The van der Waals surface area contributed by atoms with Crippen LogP contribution in [0.15, 0.2) is 34.9 Å². The quantitative estimate of drug-likeness (QED) is 0.599. The summed E-state index contributed by atoms with van der Waals surface area (Å²) < 4.78 is 10.5. The fourth-order valence-electron chi connectivity index (χ4n) is 1.53. The molecule has 2 heterocycles. The van der Waals surface area contributed by atoms with Crippen LogP contribution in [0.25, 0.3) is 11.0 Å². The molecule has 0 amide bonds.